The molecule has 0 aliphatic heterocycles. The molecule has 2 rings (SSSR count). The summed E-state index contributed by atoms with van der Waals surface area (Å²) in [7, 11) is 4.15. The predicted octanol–water partition coefficient (Wildman–Crippen LogP) is 4.28. The van der Waals surface area contributed by atoms with Crippen molar-refractivity contribution in [3.8, 4) is 0 Å². The number of halogens is 2. The molecule has 5 nitrogen and oxygen atoms in total. The SMILES string of the molecule is CC(CCNc1ccnc(Nc2cc(Cl)ccc2Cl)n1)N(C)C. The Hall–Kier alpha value is -1.56. The van der Waals surface area contributed by atoms with Gasteiger partial charge in [0, 0.05) is 23.8 Å². The lowest BCUT2D eigenvalue weighted by Crippen LogP contribution is -2.26. The van der Waals surface area contributed by atoms with Crippen LogP contribution in [-0.2, 0) is 0 Å². The second kappa shape index (κ2) is 8.34. The Balaban J connectivity index is 1.98. The lowest BCUT2D eigenvalue weighted by Gasteiger charge is -2.19. The highest BCUT2D eigenvalue weighted by Crippen LogP contribution is 2.27. The predicted molar refractivity (Wildman–Crippen MR) is 98.0 cm³/mol. The number of hydrogen-bond acceptors (Lipinski definition) is 5. The van der Waals surface area contributed by atoms with Gasteiger partial charge in [0.25, 0.3) is 0 Å². The van der Waals surface area contributed by atoms with E-state index in [1.54, 1.807) is 24.4 Å². The number of aromatic nitrogens is 2. The van der Waals surface area contributed by atoms with E-state index in [0.29, 0.717) is 27.7 Å². The highest BCUT2D eigenvalue weighted by molar-refractivity contribution is 6.35. The topological polar surface area (TPSA) is 53.1 Å². The summed E-state index contributed by atoms with van der Waals surface area (Å²) in [6.45, 7) is 3.03. The summed E-state index contributed by atoms with van der Waals surface area (Å²) in [5.74, 6) is 1.24. The van der Waals surface area contributed by atoms with Gasteiger partial charge in [0.05, 0.1) is 10.7 Å². The van der Waals surface area contributed by atoms with Crippen molar-refractivity contribution in [2.75, 3.05) is 31.3 Å². The van der Waals surface area contributed by atoms with Crippen molar-refractivity contribution in [3.63, 3.8) is 0 Å². The largest absolute Gasteiger partial charge is 0.370 e. The molecule has 124 valence electrons. The van der Waals surface area contributed by atoms with Crippen LogP contribution in [0.4, 0.5) is 17.5 Å². The van der Waals surface area contributed by atoms with Gasteiger partial charge in [-0.2, -0.15) is 4.98 Å². The van der Waals surface area contributed by atoms with Crippen LogP contribution in [-0.4, -0.2) is 41.5 Å². The van der Waals surface area contributed by atoms with Crippen molar-refractivity contribution in [3.05, 3.63) is 40.5 Å². The van der Waals surface area contributed by atoms with Gasteiger partial charge in [-0.15, -0.1) is 0 Å². The number of benzene rings is 1. The highest BCUT2D eigenvalue weighted by Gasteiger charge is 2.06. The van der Waals surface area contributed by atoms with Gasteiger partial charge in [0.1, 0.15) is 5.82 Å². The van der Waals surface area contributed by atoms with E-state index in [2.05, 4.69) is 46.5 Å². The van der Waals surface area contributed by atoms with E-state index >= 15 is 0 Å². The maximum absolute atomic E-state index is 6.14. The standard InChI is InChI=1S/C16H21Cl2N5/c1-11(23(2)3)6-8-19-15-7-9-20-16(22-15)21-14-10-12(17)4-5-13(14)18/h4-5,7,9-11H,6,8H2,1-3H3,(H2,19,20,21,22). The Bertz CT molecular complexity index is 648. The molecule has 0 aliphatic rings. The van der Waals surface area contributed by atoms with Crippen molar-refractivity contribution in [2.24, 2.45) is 0 Å². The maximum atomic E-state index is 6.14. The summed E-state index contributed by atoms with van der Waals surface area (Å²) in [6, 6.07) is 7.56. The van der Waals surface area contributed by atoms with Crippen LogP contribution in [0, 0.1) is 0 Å². The van der Waals surface area contributed by atoms with E-state index in [9.17, 15) is 0 Å². The van der Waals surface area contributed by atoms with Crippen LogP contribution in [0.1, 0.15) is 13.3 Å². The van der Waals surface area contributed by atoms with Gasteiger partial charge < -0.3 is 15.5 Å². The molecule has 0 bridgehead atoms. The molecule has 2 aromatic rings. The summed E-state index contributed by atoms with van der Waals surface area (Å²) in [4.78, 5) is 10.8. The van der Waals surface area contributed by atoms with Crippen LogP contribution in [0.5, 0.6) is 0 Å². The molecule has 1 aromatic heterocycles. The molecule has 0 radical (unpaired) electrons. The third-order valence-electron chi connectivity index (χ3n) is 3.58. The Kier molecular flexibility index (Phi) is 6.45. The monoisotopic (exact) mass is 353 g/mol. The number of nitrogens with one attached hydrogen (secondary N) is 2. The normalized spacial score (nSPS) is 12.3. The number of rotatable bonds is 7. The van der Waals surface area contributed by atoms with E-state index in [1.165, 1.54) is 0 Å². The van der Waals surface area contributed by atoms with Crippen molar-refractivity contribution < 1.29 is 0 Å². The van der Waals surface area contributed by atoms with Gasteiger partial charge >= 0.3 is 0 Å². The zero-order valence-corrected chi connectivity index (χ0v) is 15.0. The molecule has 2 N–H and O–H groups in total. The lowest BCUT2D eigenvalue weighted by atomic mass is 10.2. The Labute approximate surface area is 147 Å². The minimum absolute atomic E-state index is 0.472. The molecular weight excluding hydrogens is 333 g/mol. The average molecular weight is 354 g/mol. The maximum Gasteiger partial charge on any atom is 0.229 e. The second-order valence-electron chi connectivity index (χ2n) is 5.54. The molecule has 0 fully saturated rings. The highest BCUT2D eigenvalue weighted by atomic mass is 35.5. The lowest BCUT2D eigenvalue weighted by molar-refractivity contribution is 0.304. The first kappa shape index (κ1) is 17.8. The summed E-state index contributed by atoms with van der Waals surface area (Å²) >= 11 is 12.1. The van der Waals surface area contributed by atoms with Crippen LogP contribution < -0.4 is 10.6 Å². The van der Waals surface area contributed by atoms with E-state index in [0.717, 1.165) is 18.8 Å². The molecule has 1 unspecified atom stereocenters. The van der Waals surface area contributed by atoms with Gasteiger partial charge in [-0.25, -0.2) is 4.98 Å². The number of hydrogen-bond donors (Lipinski definition) is 2. The van der Waals surface area contributed by atoms with Crippen molar-refractivity contribution in [2.45, 2.75) is 19.4 Å². The first-order valence-electron chi connectivity index (χ1n) is 7.41. The van der Waals surface area contributed by atoms with Gasteiger partial charge in [0.2, 0.25) is 5.95 Å². The third kappa shape index (κ3) is 5.53. The summed E-state index contributed by atoms with van der Waals surface area (Å²) in [5.41, 5.74) is 0.678. The van der Waals surface area contributed by atoms with Gasteiger partial charge in [0.15, 0.2) is 0 Å². The van der Waals surface area contributed by atoms with E-state index in [4.69, 9.17) is 23.2 Å². The third-order valence-corrected chi connectivity index (χ3v) is 4.14. The zero-order chi connectivity index (χ0) is 16.8. The Morgan fingerprint density at radius 2 is 2.00 bits per heavy atom. The number of anilines is 3. The molecule has 1 heterocycles. The van der Waals surface area contributed by atoms with Gasteiger partial charge in [-0.05, 0) is 51.7 Å². The number of nitrogens with zero attached hydrogens (tertiary/aromatic N) is 3. The van der Waals surface area contributed by atoms with Gasteiger partial charge in [-0.3, -0.25) is 0 Å². The first-order chi connectivity index (χ1) is 11.0. The molecule has 1 aromatic carbocycles. The Morgan fingerprint density at radius 1 is 1.22 bits per heavy atom. The fourth-order valence-corrected chi connectivity index (χ4v) is 2.24. The molecule has 7 heteroatoms. The smallest absolute Gasteiger partial charge is 0.229 e. The van der Waals surface area contributed by atoms with Crippen LogP contribution in [0.2, 0.25) is 10.0 Å². The van der Waals surface area contributed by atoms with Crippen molar-refractivity contribution in [1.82, 2.24) is 14.9 Å². The molecular formula is C16H21Cl2N5. The minimum Gasteiger partial charge on any atom is -0.370 e. The van der Waals surface area contributed by atoms with E-state index in [1.807, 2.05) is 6.07 Å². The molecule has 0 saturated carbocycles. The summed E-state index contributed by atoms with van der Waals surface area (Å²) in [5, 5.41) is 7.56. The first-order valence-corrected chi connectivity index (χ1v) is 8.16. The van der Waals surface area contributed by atoms with Crippen molar-refractivity contribution in [1.29, 1.82) is 0 Å². The molecule has 23 heavy (non-hydrogen) atoms. The van der Waals surface area contributed by atoms with Gasteiger partial charge in [-0.1, -0.05) is 23.2 Å². The Morgan fingerprint density at radius 3 is 2.74 bits per heavy atom. The molecule has 1 atom stereocenters. The zero-order valence-electron chi connectivity index (χ0n) is 13.5. The quantitative estimate of drug-likeness (QED) is 0.777. The second-order valence-corrected chi connectivity index (χ2v) is 6.39. The molecule has 0 amide bonds. The van der Waals surface area contributed by atoms with Crippen molar-refractivity contribution >= 4 is 40.7 Å². The average Bonchev–Trinajstić information content (AvgIpc) is 2.51. The minimum atomic E-state index is 0.472. The summed E-state index contributed by atoms with van der Waals surface area (Å²) in [6.07, 6.45) is 2.73. The van der Waals surface area contributed by atoms with Crippen LogP contribution in [0.25, 0.3) is 0 Å². The fraction of sp³-hybridized carbons (Fsp3) is 0.375. The van der Waals surface area contributed by atoms with Crippen LogP contribution in [0.3, 0.4) is 0 Å². The van der Waals surface area contributed by atoms with Crippen LogP contribution in [0.15, 0.2) is 30.5 Å². The summed E-state index contributed by atoms with van der Waals surface area (Å²) < 4.78 is 0. The fourth-order valence-electron chi connectivity index (χ4n) is 1.90. The molecule has 0 spiro atoms. The molecule has 0 saturated heterocycles. The van der Waals surface area contributed by atoms with Crippen LogP contribution >= 0.6 is 23.2 Å². The van der Waals surface area contributed by atoms with E-state index < -0.39 is 0 Å². The van der Waals surface area contributed by atoms with E-state index in [-0.39, 0.29) is 0 Å². The molecule has 0 aliphatic carbocycles.